The predicted octanol–water partition coefficient (Wildman–Crippen LogP) is 1.27. The average Bonchev–Trinajstić information content (AvgIpc) is 2.38. The normalized spacial score (nSPS) is 18.3. The van der Waals surface area contributed by atoms with Crippen molar-refractivity contribution in [2.24, 2.45) is 0 Å². The van der Waals surface area contributed by atoms with Crippen molar-refractivity contribution in [2.45, 2.75) is 26.7 Å². The highest BCUT2D eigenvalue weighted by Gasteiger charge is 2.26. The van der Waals surface area contributed by atoms with Gasteiger partial charge in [-0.3, -0.25) is 0 Å². The van der Waals surface area contributed by atoms with Crippen LogP contribution >= 0.6 is 0 Å². The van der Waals surface area contributed by atoms with Crippen LogP contribution in [0.15, 0.2) is 6.33 Å². The standard InChI is InChI=1S/C13H22N4O2S/c1-4-14-12-11(10(2)3)13(16-9-15-12)17-5-7-20(18,19)8-6-17/h9-10H,4-8H2,1-3H3,(H,14,15,16). The summed E-state index contributed by atoms with van der Waals surface area (Å²) in [6.07, 6.45) is 1.54. The Morgan fingerprint density at radius 1 is 1.30 bits per heavy atom. The molecule has 0 unspecified atom stereocenters. The number of hydrogen-bond acceptors (Lipinski definition) is 6. The van der Waals surface area contributed by atoms with E-state index in [0.717, 1.165) is 23.7 Å². The zero-order valence-corrected chi connectivity index (χ0v) is 13.1. The molecule has 1 aliphatic heterocycles. The van der Waals surface area contributed by atoms with Crippen molar-refractivity contribution in [2.75, 3.05) is 41.4 Å². The molecule has 1 fully saturated rings. The van der Waals surface area contributed by atoms with Crippen LogP contribution in [0.25, 0.3) is 0 Å². The van der Waals surface area contributed by atoms with Crippen LogP contribution in [0.4, 0.5) is 11.6 Å². The monoisotopic (exact) mass is 298 g/mol. The molecule has 6 nitrogen and oxygen atoms in total. The first-order chi connectivity index (χ1) is 9.44. The third kappa shape index (κ3) is 3.20. The SMILES string of the molecule is CCNc1ncnc(N2CCS(=O)(=O)CC2)c1C(C)C. The molecule has 1 N–H and O–H groups in total. The Bertz CT molecular complexity index is 558. The molecule has 2 rings (SSSR count). The van der Waals surface area contributed by atoms with Crippen molar-refractivity contribution in [3.63, 3.8) is 0 Å². The lowest BCUT2D eigenvalue weighted by molar-refractivity contribution is 0.586. The van der Waals surface area contributed by atoms with Gasteiger partial charge >= 0.3 is 0 Å². The van der Waals surface area contributed by atoms with E-state index in [1.165, 1.54) is 0 Å². The van der Waals surface area contributed by atoms with Gasteiger partial charge in [-0.1, -0.05) is 13.8 Å². The largest absolute Gasteiger partial charge is 0.370 e. The molecular weight excluding hydrogens is 276 g/mol. The van der Waals surface area contributed by atoms with Crippen LogP contribution < -0.4 is 10.2 Å². The topological polar surface area (TPSA) is 75.2 Å². The van der Waals surface area contributed by atoms with Gasteiger partial charge in [-0.05, 0) is 12.8 Å². The molecular formula is C13H22N4O2S. The second-order valence-electron chi connectivity index (χ2n) is 5.28. The van der Waals surface area contributed by atoms with E-state index in [0.29, 0.717) is 13.1 Å². The number of aromatic nitrogens is 2. The molecule has 7 heteroatoms. The van der Waals surface area contributed by atoms with Crippen molar-refractivity contribution in [3.8, 4) is 0 Å². The van der Waals surface area contributed by atoms with Gasteiger partial charge in [0.05, 0.1) is 11.5 Å². The fourth-order valence-corrected chi connectivity index (χ4v) is 3.60. The summed E-state index contributed by atoms with van der Waals surface area (Å²) in [5, 5.41) is 3.26. The summed E-state index contributed by atoms with van der Waals surface area (Å²) in [5.41, 5.74) is 1.06. The maximum absolute atomic E-state index is 11.5. The van der Waals surface area contributed by atoms with E-state index in [1.807, 2.05) is 6.92 Å². The van der Waals surface area contributed by atoms with E-state index in [-0.39, 0.29) is 17.4 Å². The molecule has 0 atom stereocenters. The fraction of sp³-hybridized carbons (Fsp3) is 0.692. The number of hydrogen-bond donors (Lipinski definition) is 1. The number of rotatable bonds is 4. The Morgan fingerprint density at radius 3 is 2.50 bits per heavy atom. The van der Waals surface area contributed by atoms with Crippen molar-refractivity contribution in [3.05, 3.63) is 11.9 Å². The second kappa shape index (κ2) is 5.95. The highest BCUT2D eigenvalue weighted by atomic mass is 32.2. The van der Waals surface area contributed by atoms with Crippen LogP contribution in [0.1, 0.15) is 32.3 Å². The van der Waals surface area contributed by atoms with Gasteiger partial charge in [0, 0.05) is 25.2 Å². The van der Waals surface area contributed by atoms with E-state index >= 15 is 0 Å². The van der Waals surface area contributed by atoms with Gasteiger partial charge in [-0.15, -0.1) is 0 Å². The molecule has 0 aromatic carbocycles. The highest BCUT2D eigenvalue weighted by Crippen LogP contribution is 2.31. The molecule has 112 valence electrons. The molecule has 0 saturated carbocycles. The van der Waals surface area contributed by atoms with Crippen LogP contribution in [0, 0.1) is 0 Å². The predicted molar refractivity (Wildman–Crippen MR) is 81.2 cm³/mol. The zero-order chi connectivity index (χ0) is 14.8. The van der Waals surface area contributed by atoms with Crippen LogP contribution in [0.2, 0.25) is 0 Å². The van der Waals surface area contributed by atoms with Gasteiger partial charge in [0.2, 0.25) is 0 Å². The molecule has 20 heavy (non-hydrogen) atoms. The van der Waals surface area contributed by atoms with Gasteiger partial charge in [0.25, 0.3) is 0 Å². The first kappa shape index (κ1) is 15.0. The molecule has 0 spiro atoms. The van der Waals surface area contributed by atoms with Crippen LogP contribution in [0.5, 0.6) is 0 Å². The number of anilines is 2. The zero-order valence-electron chi connectivity index (χ0n) is 12.3. The Hall–Kier alpha value is -1.37. The van der Waals surface area contributed by atoms with E-state index in [4.69, 9.17) is 0 Å². The lowest BCUT2D eigenvalue weighted by atomic mass is 10.0. The molecule has 1 aromatic heterocycles. The van der Waals surface area contributed by atoms with Gasteiger partial charge in [0.15, 0.2) is 9.84 Å². The van der Waals surface area contributed by atoms with Crippen LogP contribution in [0.3, 0.4) is 0 Å². The molecule has 0 amide bonds. The molecule has 1 aromatic rings. The van der Waals surface area contributed by atoms with E-state index < -0.39 is 9.84 Å². The molecule has 2 heterocycles. The number of sulfone groups is 1. The minimum Gasteiger partial charge on any atom is -0.370 e. The minimum absolute atomic E-state index is 0.199. The van der Waals surface area contributed by atoms with Crippen LogP contribution in [-0.4, -0.2) is 49.5 Å². The summed E-state index contributed by atoms with van der Waals surface area (Å²) in [5.74, 6) is 2.39. The van der Waals surface area contributed by atoms with Crippen molar-refractivity contribution < 1.29 is 8.42 Å². The van der Waals surface area contributed by atoms with E-state index in [1.54, 1.807) is 6.33 Å². The molecule has 0 bridgehead atoms. The summed E-state index contributed by atoms with van der Waals surface area (Å²) in [7, 11) is -2.88. The Labute approximate surface area is 120 Å². The first-order valence-electron chi connectivity index (χ1n) is 6.98. The summed E-state index contributed by atoms with van der Waals surface area (Å²) in [6, 6.07) is 0. The van der Waals surface area contributed by atoms with Gasteiger partial charge < -0.3 is 10.2 Å². The maximum Gasteiger partial charge on any atom is 0.153 e. The molecule has 1 saturated heterocycles. The highest BCUT2D eigenvalue weighted by molar-refractivity contribution is 7.91. The average molecular weight is 298 g/mol. The Kier molecular flexibility index (Phi) is 4.47. The second-order valence-corrected chi connectivity index (χ2v) is 7.59. The van der Waals surface area contributed by atoms with Gasteiger partial charge in [0.1, 0.15) is 18.0 Å². The molecule has 0 radical (unpaired) electrons. The smallest absolute Gasteiger partial charge is 0.153 e. The number of nitrogens with one attached hydrogen (secondary N) is 1. The van der Waals surface area contributed by atoms with E-state index in [9.17, 15) is 8.42 Å². The fourth-order valence-electron chi connectivity index (χ4n) is 2.40. The lowest BCUT2D eigenvalue weighted by Gasteiger charge is -2.30. The summed E-state index contributed by atoms with van der Waals surface area (Å²) < 4.78 is 23.1. The maximum atomic E-state index is 11.5. The Morgan fingerprint density at radius 2 is 1.95 bits per heavy atom. The van der Waals surface area contributed by atoms with Crippen molar-refractivity contribution in [1.29, 1.82) is 0 Å². The van der Waals surface area contributed by atoms with Crippen LogP contribution in [-0.2, 0) is 9.84 Å². The van der Waals surface area contributed by atoms with Crippen molar-refractivity contribution in [1.82, 2.24) is 9.97 Å². The quantitative estimate of drug-likeness (QED) is 0.902. The third-order valence-electron chi connectivity index (χ3n) is 3.43. The first-order valence-corrected chi connectivity index (χ1v) is 8.81. The Balaban J connectivity index is 2.34. The minimum atomic E-state index is -2.88. The van der Waals surface area contributed by atoms with E-state index in [2.05, 4.69) is 34.0 Å². The van der Waals surface area contributed by atoms with Gasteiger partial charge in [-0.25, -0.2) is 18.4 Å². The summed E-state index contributed by atoms with van der Waals surface area (Å²) in [4.78, 5) is 10.8. The lowest BCUT2D eigenvalue weighted by Crippen LogP contribution is -2.41. The number of nitrogens with zero attached hydrogens (tertiary/aromatic N) is 3. The molecule has 0 aliphatic carbocycles. The van der Waals surface area contributed by atoms with Gasteiger partial charge in [-0.2, -0.15) is 0 Å². The van der Waals surface area contributed by atoms with Crippen molar-refractivity contribution >= 4 is 21.5 Å². The summed E-state index contributed by atoms with van der Waals surface area (Å²) >= 11 is 0. The summed E-state index contributed by atoms with van der Waals surface area (Å²) in [6.45, 7) is 8.03. The third-order valence-corrected chi connectivity index (χ3v) is 5.04. The molecule has 1 aliphatic rings.